The first-order valence-electron chi connectivity index (χ1n) is 5.74. The molecule has 0 aliphatic heterocycles. The fourth-order valence-corrected chi connectivity index (χ4v) is 3.59. The topological polar surface area (TPSA) is 9.23 Å². The Hall–Kier alpha value is -0.510. The van der Waals surface area contributed by atoms with E-state index in [9.17, 15) is 0 Å². The second-order valence-electron chi connectivity index (χ2n) is 3.97. The highest BCUT2D eigenvalue weighted by Crippen LogP contribution is 2.38. The molecule has 0 bridgehead atoms. The molecule has 0 N–H and O–H groups in total. The van der Waals surface area contributed by atoms with Crippen LogP contribution in [-0.4, -0.2) is 6.61 Å². The molecular formula is C14H14BrClOS. The first-order valence-corrected chi connectivity index (χ1v) is 7.79. The lowest BCUT2D eigenvalue weighted by Crippen LogP contribution is -1.93. The van der Waals surface area contributed by atoms with Gasteiger partial charge in [0.2, 0.25) is 0 Å². The maximum Gasteiger partial charge on any atom is 0.119 e. The van der Waals surface area contributed by atoms with Crippen molar-refractivity contribution in [1.82, 2.24) is 0 Å². The van der Waals surface area contributed by atoms with Crippen molar-refractivity contribution in [3.63, 3.8) is 0 Å². The van der Waals surface area contributed by atoms with Gasteiger partial charge in [-0.25, -0.2) is 0 Å². The van der Waals surface area contributed by atoms with Crippen LogP contribution >= 0.6 is 38.9 Å². The average Bonchev–Trinajstić information content (AvgIpc) is 2.70. The number of aryl methyl sites for hydroxylation is 1. The molecule has 0 amide bonds. The SMILES string of the molecule is CCOc1ccc(C(Cl)c2cc(C)c(Br)s2)cc1. The third kappa shape index (κ3) is 3.08. The molecule has 0 fully saturated rings. The molecule has 1 unspecified atom stereocenters. The van der Waals surface area contributed by atoms with Crippen molar-refractivity contribution < 1.29 is 4.74 Å². The summed E-state index contributed by atoms with van der Waals surface area (Å²) in [6.07, 6.45) is 0. The van der Waals surface area contributed by atoms with E-state index < -0.39 is 0 Å². The van der Waals surface area contributed by atoms with Crippen molar-refractivity contribution >= 4 is 38.9 Å². The largest absolute Gasteiger partial charge is 0.494 e. The van der Waals surface area contributed by atoms with Gasteiger partial charge in [-0.3, -0.25) is 0 Å². The Morgan fingerprint density at radius 1 is 1.33 bits per heavy atom. The predicted octanol–water partition coefficient (Wildman–Crippen LogP) is 5.55. The molecule has 0 radical (unpaired) electrons. The van der Waals surface area contributed by atoms with E-state index in [0.717, 1.165) is 20.0 Å². The third-order valence-electron chi connectivity index (χ3n) is 2.61. The van der Waals surface area contributed by atoms with Gasteiger partial charge in [0.1, 0.15) is 5.75 Å². The van der Waals surface area contributed by atoms with Gasteiger partial charge in [0.15, 0.2) is 0 Å². The second kappa shape index (κ2) is 6.09. The third-order valence-corrected chi connectivity index (χ3v) is 5.43. The minimum atomic E-state index is -0.101. The molecule has 0 aliphatic rings. The van der Waals surface area contributed by atoms with Gasteiger partial charge >= 0.3 is 0 Å². The fraction of sp³-hybridized carbons (Fsp3) is 0.286. The Balaban J connectivity index is 2.20. The molecule has 1 nitrogen and oxygen atoms in total. The zero-order valence-corrected chi connectivity index (χ0v) is 13.4. The van der Waals surface area contributed by atoms with Crippen LogP contribution < -0.4 is 4.74 Å². The molecule has 1 heterocycles. The molecule has 0 aliphatic carbocycles. The highest BCUT2D eigenvalue weighted by molar-refractivity contribution is 9.11. The van der Waals surface area contributed by atoms with Crippen LogP contribution in [0.1, 0.15) is 28.3 Å². The Morgan fingerprint density at radius 2 is 2.00 bits per heavy atom. The maximum absolute atomic E-state index is 6.50. The molecule has 96 valence electrons. The summed E-state index contributed by atoms with van der Waals surface area (Å²) in [4.78, 5) is 1.16. The van der Waals surface area contributed by atoms with E-state index in [1.807, 2.05) is 31.2 Å². The molecule has 0 spiro atoms. The van der Waals surface area contributed by atoms with E-state index in [4.69, 9.17) is 16.3 Å². The molecule has 4 heteroatoms. The standard InChI is InChI=1S/C14H14BrClOS/c1-3-17-11-6-4-10(5-7-11)13(16)12-8-9(2)14(15)18-12/h4-8,13H,3H2,1-2H3. The Labute approximate surface area is 125 Å². The number of hydrogen-bond acceptors (Lipinski definition) is 2. The lowest BCUT2D eigenvalue weighted by molar-refractivity contribution is 0.340. The van der Waals surface area contributed by atoms with Crippen LogP contribution in [0.15, 0.2) is 34.1 Å². The zero-order valence-electron chi connectivity index (χ0n) is 10.2. The van der Waals surface area contributed by atoms with E-state index in [1.165, 1.54) is 5.56 Å². The Kier molecular flexibility index (Phi) is 4.71. The van der Waals surface area contributed by atoms with Crippen molar-refractivity contribution in [2.24, 2.45) is 0 Å². The van der Waals surface area contributed by atoms with Crippen LogP contribution in [0.2, 0.25) is 0 Å². The van der Waals surface area contributed by atoms with E-state index in [-0.39, 0.29) is 5.38 Å². The number of hydrogen-bond donors (Lipinski definition) is 0. The summed E-state index contributed by atoms with van der Waals surface area (Å²) in [6, 6.07) is 10.1. The maximum atomic E-state index is 6.50. The average molecular weight is 346 g/mol. The summed E-state index contributed by atoms with van der Waals surface area (Å²) in [5.41, 5.74) is 2.32. The molecule has 18 heavy (non-hydrogen) atoms. The number of halogens is 2. The van der Waals surface area contributed by atoms with Crippen LogP contribution in [0.3, 0.4) is 0 Å². The molecule has 1 aromatic heterocycles. The highest BCUT2D eigenvalue weighted by atomic mass is 79.9. The van der Waals surface area contributed by atoms with Crippen molar-refractivity contribution in [1.29, 1.82) is 0 Å². The van der Waals surface area contributed by atoms with Gasteiger partial charge < -0.3 is 4.74 Å². The van der Waals surface area contributed by atoms with Crippen LogP contribution in [0, 0.1) is 6.92 Å². The molecule has 1 atom stereocenters. The lowest BCUT2D eigenvalue weighted by Gasteiger charge is -2.09. The van der Waals surface area contributed by atoms with Crippen LogP contribution in [0.5, 0.6) is 5.75 Å². The van der Waals surface area contributed by atoms with Crippen molar-refractivity contribution in [2.75, 3.05) is 6.61 Å². The van der Waals surface area contributed by atoms with Gasteiger partial charge in [-0.1, -0.05) is 12.1 Å². The minimum absolute atomic E-state index is 0.101. The summed E-state index contributed by atoms with van der Waals surface area (Å²) >= 11 is 11.7. The van der Waals surface area contributed by atoms with Gasteiger partial charge in [-0.15, -0.1) is 22.9 Å². The van der Waals surface area contributed by atoms with Crippen LogP contribution in [-0.2, 0) is 0 Å². The number of alkyl halides is 1. The van der Waals surface area contributed by atoms with Gasteiger partial charge in [-0.05, 0) is 59.1 Å². The van der Waals surface area contributed by atoms with Crippen molar-refractivity contribution in [3.8, 4) is 5.75 Å². The summed E-state index contributed by atoms with van der Waals surface area (Å²) in [5.74, 6) is 0.883. The fourth-order valence-electron chi connectivity index (χ4n) is 1.67. The normalized spacial score (nSPS) is 12.4. The summed E-state index contributed by atoms with van der Waals surface area (Å²) in [5, 5.41) is -0.101. The first kappa shape index (κ1) is 13.9. The Bertz CT molecular complexity index is 502. The van der Waals surface area contributed by atoms with Crippen LogP contribution in [0.25, 0.3) is 0 Å². The zero-order chi connectivity index (χ0) is 13.1. The number of ether oxygens (including phenoxy) is 1. The summed E-state index contributed by atoms with van der Waals surface area (Å²) in [6.45, 7) is 4.73. The predicted molar refractivity (Wildman–Crippen MR) is 82.1 cm³/mol. The minimum Gasteiger partial charge on any atom is -0.494 e. The first-order chi connectivity index (χ1) is 8.61. The second-order valence-corrected chi connectivity index (χ2v) is 6.81. The number of benzene rings is 1. The Morgan fingerprint density at radius 3 is 2.50 bits per heavy atom. The highest BCUT2D eigenvalue weighted by Gasteiger charge is 2.14. The molecule has 2 aromatic rings. The molecular weight excluding hydrogens is 332 g/mol. The van der Waals surface area contributed by atoms with Crippen molar-refractivity contribution in [2.45, 2.75) is 19.2 Å². The van der Waals surface area contributed by atoms with Crippen LogP contribution in [0.4, 0.5) is 0 Å². The molecule has 2 rings (SSSR count). The lowest BCUT2D eigenvalue weighted by atomic mass is 10.1. The van der Waals surface area contributed by atoms with E-state index in [0.29, 0.717) is 6.61 Å². The molecule has 1 aromatic carbocycles. The molecule has 0 saturated carbocycles. The van der Waals surface area contributed by atoms with Gasteiger partial charge in [0.05, 0.1) is 15.8 Å². The number of thiophene rings is 1. The summed E-state index contributed by atoms with van der Waals surface area (Å²) in [7, 11) is 0. The smallest absolute Gasteiger partial charge is 0.119 e. The van der Waals surface area contributed by atoms with E-state index in [1.54, 1.807) is 11.3 Å². The van der Waals surface area contributed by atoms with Crippen molar-refractivity contribution in [3.05, 3.63) is 50.1 Å². The quantitative estimate of drug-likeness (QED) is 0.660. The van der Waals surface area contributed by atoms with E-state index in [2.05, 4.69) is 28.9 Å². The van der Waals surface area contributed by atoms with Gasteiger partial charge in [-0.2, -0.15) is 0 Å². The van der Waals surface area contributed by atoms with E-state index >= 15 is 0 Å². The molecule has 0 saturated heterocycles. The monoisotopic (exact) mass is 344 g/mol. The van der Waals surface area contributed by atoms with Gasteiger partial charge in [0.25, 0.3) is 0 Å². The number of rotatable bonds is 4. The van der Waals surface area contributed by atoms with Gasteiger partial charge in [0, 0.05) is 4.88 Å². The summed E-state index contributed by atoms with van der Waals surface area (Å²) < 4.78 is 6.57.